The molecule has 0 amide bonds. The highest BCUT2D eigenvalue weighted by Crippen LogP contribution is 2.33. The molecule has 1 unspecified atom stereocenters. The van der Waals surface area contributed by atoms with Crippen molar-refractivity contribution in [3.8, 4) is 0 Å². The molecule has 0 radical (unpaired) electrons. The molecule has 1 N–H and O–H groups in total. The molecule has 112 valence electrons. The molecule has 0 spiro atoms. The number of nitrogens with one attached hydrogen (secondary N) is 1. The standard InChI is InChI=1S/C16H15ClF3N/c1-10-13(7-4-8-14(10)17)15(21-2)11-5-3-6-12(9-11)16(18,19)20/h3-9,15,21H,1-2H3. The molecular weight excluding hydrogens is 299 g/mol. The average Bonchev–Trinajstić information content (AvgIpc) is 2.44. The van der Waals surface area contributed by atoms with Gasteiger partial charge in [0.15, 0.2) is 0 Å². The summed E-state index contributed by atoms with van der Waals surface area (Å²) in [5, 5.41) is 3.65. The first-order chi connectivity index (χ1) is 9.84. The lowest BCUT2D eigenvalue weighted by molar-refractivity contribution is -0.137. The summed E-state index contributed by atoms with van der Waals surface area (Å²) in [4.78, 5) is 0. The van der Waals surface area contributed by atoms with E-state index in [-0.39, 0.29) is 6.04 Å². The first-order valence-electron chi connectivity index (χ1n) is 6.44. The summed E-state index contributed by atoms with van der Waals surface area (Å²) >= 11 is 6.10. The summed E-state index contributed by atoms with van der Waals surface area (Å²) in [6, 6.07) is 10.4. The molecule has 0 aromatic heterocycles. The summed E-state index contributed by atoms with van der Waals surface area (Å²) in [5.41, 5.74) is 1.62. The second kappa shape index (κ2) is 6.08. The minimum Gasteiger partial charge on any atom is -0.309 e. The number of alkyl halides is 3. The van der Waals surface area contributed by atoms with Crippen LogP contribution in [0.3, 0.4) is 0 Å². The second-order valence-electron chi connectivity index (χ2n) is 4.80. The molecule has 21 heavy (non-hydrogen) atoms. The topological polar surface area (TPSA) is 12.0 Å². The zero-order chi connectivity index (χ0) is 15.6. The summed E-state index contributed by atoms with van der Waals surface area (Å²) in [6.45, 7) is 1.86. The molecule has 2 rings (SSSR count). The van der Waals surface area contributed by atoms with Gasteiger partial charge in [0.05, 0.1) is 11.6 Å². The van der Waals surface area contributed by atoms with Gasteiger partial charge in [0.2, 0.25) is 0 Å². The van der Waals surface area contributed by atoms with Gasteiger partial charge in [-0.05, 0) is 48.9 Å². The number of hydrogen-bond donors (Lipinski definition) is 1. The molecule has 1 atom stereocenters. The predicted octanol–water partition coefficient (Wildman–Crippen LogP) is 4.98. The van der Waals surface area contributed by atoms with Gasteiger partial charge in [-0.25, -0.2) is 0 Å². The van der Waals surface area contributed by atoms with Crippen molar-refractivity contribution in [1.82, 2.24) is 5.32 Å². The summed E-state index contributed by atoms with van der Waals surface area (Å²) in [6.07, 6.45) is -4.35. The average molecular weight is 314 g/mol. The molecule has 0 aliphatic heterocycles. The van der Waals surface area contributed by atoms with Crippen LogP contribution in [-0.2, 0) is 6.18 Å². The fourth-order valence-electron chi connectivity index (χ4n) is 2.33. The minimum absolute atomic E-state index is 0.342. The Bertz CT molecular complexity index is 638. The van der Waals surface area contributed by atoms with Crippen LogP contribution in [0.5, 0.6) is 0 Å². The summed E-state index contributed by atoms with van der Waals surface area (Å²) < 4.78 is 38.5. The van der Waals surface area contributed by atoms with Crippen LogP contribution in [0.25, 0.3) is 0 Å². The third-order valence-electron chi connectivity index (χ3n) is 3.46. The fourth-order valence-corrected chi connectivity index (χ4v) is 2.52. The third kappa shape index (κ3) is 3.39. The maximum atomic E-state index is 12.8. The summed E-state index contributed by atoms with van der Waals surface area (Å²) in [5.74, 6) is 0. The Morgan fingerprint density at radius 1 is 1.10 bits per heavy atom. The van der Waals surface area contributed by atoms with Crippen LogP contribution in [0.1, 0.15) is 28.3 Å². The predicted molar refractivity (Wildman–Crippen MR) is 78.5 cm³/mol. The van der Waals surface area contributed by atoms with Gasteiger partial charge >= 0.3 is 6.18 Å². The first kappa shape index (κ1) is 15.9. The lowest BCUT2D eigenvalue weighted by Gasteiger charge is -2.21. The Hall–Kier alpha value is -1.52. The van der Waals surface area contributed by atoms with Gasteiger partial charge in [-0.15, -0.1) is 0 Å². The van der Waals surface area contributed by atoms with Crippen LogP contribution in [0.4, 0.5) is 13.2 Å². The van der Waals surface area contributed by atoms with E-state index in [9.17, 15) is 13.2 Å². The lowest BCUT2D eigenvalue weighted by Crippen LogP contribution is -2.19. The van der Waals surface area contributed by atoms with Crippen LogP contribution in [-0.4, -0.2) is 7.05 Å². The van der Waals surface area contributed by atoms with E-state index in [1.165, 1.54) is 12.1 Å². The number of benzene rings is 2. The molecule has 1 nitrogen and oxygen atoms in total. The van der Waals surface area contributed by atoms with Crippen molar-refractivity contribution in [2.45, 2.75) is 19.1 Å². The maximum absolute atomic E-state index is 12.8. The SMILES string of the molecule is CNC(c1cccc(C(F)(F)F)c1)c1cccc(Cl)c1C. The zero-order valence-corrected chi connectivity index (χ0v) is 12.4. The molecular formula is C16H15ClF3N. The van der Waals surface area contributed by atoms with Crippen molar-refractivity contribution < 1.29 is 13.2 Å². The number of halogens is 4. The van der Waals surface area contributed by atoms with Crippen molar-refractivity contribution >= 4 is 11.6 Å². The molecule has 2 aromatic carbocycles. The van der Waals surface area contributed by atoms with Crippen LogP contribution in [0.2, 0.25) is 5.02 Å². The minimum atomic E-state index is -4.35. The van der Waals surface area contributed by atoms with E-state index in [0.29, 0.717) is 10.6 Å². The van der Waals surface area contributed by atoms with Gasteiger partial charge in [0.1, 0.15) is 0 Å². The molecule has 0 heterocycles. The Kier molecular flexibility index (Phi) is 4.59. The van der Waals surface area contributed by atoms with E-state index in [4.69, 9.17) is 11.6 Å². The van der Waals surface area contributed by atoms with Crippen molar-refractivity contribution in [3.05, 3.63) is 69.7 Å². The van der Waals surface area contributed by atoms with Crippen LogP contribution in [0, 0.1) is 6.92 Å². The Morgan fingerprint density at radius 3 is 2.38 bits per heavy atom. The second-order valence-corrected chi connectivity index (χ2v) is 5.21. The monoisotopic (exact) mass is 313 g/mol. The molecule has 0 bridgehead atoms. The molecule has 0 aliphatic rings. The zero-order valence-electron chi connectivity index (χ0n) is 11.6. The Balaban J connectivity index is 2.49. The van der Waals surface area contributed by atoms with Crippen molar-refractivity contribution in [2.24, 2.45) is 0 Å². The molecule has 2 aromatic rings. The van der Waals surface area contributed by atoms with Crippen LogP contribution >= 0.6 is 11.6 Å². The van der Waals surface area contributed by atoms with Gasteiger partial charge in [-0.1, -0.05) is 35.9 Å². The van der Waals surface area contributed by atoms with Gasteiger partial charge < -0.3 is 5.32 Å². The highest BCUT2D eigenvalue weighted by atomic mass is 35.5. The molecule has 5 heteroatoms. The fraction of sp³-hybridized carbons (Fsp3) is 0.250. The molecule has 0 aliphatic carbocycles. The van der Waals surface area contributed by atoms with Gasteiger partial charge in [-0.3, -0.25) is 0 Å². The van der Waals surface area contributed by atoms with E-state index >= 15 is 0 Å². The first-order valence-corrected chi connectivity index (χ1v) is 6.82. The summed E-state index contributed by atoms with van der Waals surface area (Å²) in [7, 11) is 1.71. The Morgan fingerprint density at radius 2 is 1.76 bits per heavy atom. The number of hydrogen-bond acceptors (Lipinski definition) is 1. The van der Waals surface area contributed by atoms with Gasteiger partial charge in [0, 0.05) is 5.02 Å². The van der Waals surface area contributed by atoms with Crippen LogP contribution in [0.15, 0.2) is 42.5 Å². The normalized spacial score (nSPS) is 13.2. The van der Waals surface area contributed by atoms with E-state index in [2.05, 4.69) is 5.32 Å². The van der Waals surface area contributed by atoms with Gasteiger partial charge in [-0.2, -0.15) is 13.2 Å². The van der Waals surface area contributed by atoms with Crippen molar-refractivity contribution in [3.63, 3.8) is 0 Å². The van der Waals surface area contributed by atoms with Crippen LogP contribution < -0.4 is 5.32 Å². The molecule has 0 fully saturated rings. The highest BCUT2D eigenvalue weighted by molar-refractivity contribution is 6.31. The smallest absolute Gasteiger partial charge is 0.309 e. The van der Waals surface area contributed by atoms with E-state index in [1.54, 1.807) is 25.2 Å². The van der Waals surface area contributed by atoms with E-state index in [0.717, 1.165) is 17.2 Å². The third-order valence-corrected chi connectivity index (χ3v) is 3.87. The lowest BCUT2D eigenvalue weighted by atomic mass is 9.94. The number of rotatable bonds is 3. The highest BCUT2D eigenvalue weighted by Gasteiger charge is 2.31. The van der Waals surface area contributed by atoms with Crippen molar-refractivity contribution in [2.75, 3.05) is 7.05 Å². The largest absolute Gasteiger partial charge is 0.416 e. The van der Waals surface area contributed by atoms with E-state index in [1.807, 2.05) is 13.0 Å². The van der Waals surface area contributed by atoms with Crippen molar-refractivity contribution in [1.29, 1.82) is 0 Å². The van der Waals surface area contributed by atoms with E-state index < -0.39 is 11.7 Å². The Labute approximate surface area is 126 Å². The molecule has 0 saturated heterocycles. The quantitative estimate of drug-likeness (QED) is 0.843. The van der Waals surface area contributed by atoms with Gasteiger partial charge in [0.25, 0.3) is 0 Å². The molecule has 0 saturated carbocycles. The maximum Gasteiger partial charge on any atom is 0.416 e.